The van der Waals surface area contributed by atoms with Crippen LogP contribution in [0.2, 0.25) is 0 Å². The molecule has 0 amide bonds. The molecule has 0 aliphatic carbocycles. The lowest BCUT2D eigenvalue weighted by Gasteiger charge is -2.26. The molecule has 3 N–H and O–H groups in total. The molecule has 156 valence electrons. The van der Waals surface area contributed by atoms with E-state index in [2.05, 4.69) is 28.8 Å². The first-order valence-electron chi connectivity index (χ1n) is 10.1. The highest BCUT2D eigenvalue weighted by molar-refractivity contribution is 5.92. The van der Waals surface area contributed by atoms with Gasteiger partial charge in [-0.05, 0) is 57.0 Å². The number of carbonyl (C=O) groups is 1. The number of aromatic amines is 1. The minimum absolute atomic E-state index is 0.399. The Kier molecular flexibility index (Phi) is 6.27. The van der Waals surface area contributed by atoms with Crippen LogP contribution in [0.4, 0.5) is 5.69 Å². The summed E-state index contributed by atoms with van der Waals surface area (Å²) < 4.78 is 0. The first-order chi connectivity index (χ1) is 13.8. The molecule has 29 heavy (non-hydrogen) atoms. The summed E-state index contributed by atoms with van der Waals surface area (Å²) in [5.74, 6) is -1.23. The van der Waals surface area contributed by atoms with Crippen molar-refractivity contribution in [3.63, 3.8) is 0 Å². The maximum absolute atomic E-state index is 12.2. The molecular weight excluding hydrogens is 370 g/mol. The van der Waals surface area contributed by atoms with Gasteiger partial charge in [0.2, 0.25) is 0 Å². The van der Waals surface area contributed by atoms with E-state index >= 15 is 0 Å². The van der Waals surface area contributed by atoms with Crippen molar-refractivity contribution in [3.8, 4) is 17.0 Å². The fraction of sp³-hybridized carbons (Fsp3) is 0.455. The van der Waals surface area contributed by atoms with E-state index in [1.54, 1.807) is 0 Å². The largest absolute Gasteiger partial charge is 0.506 e. The van der Waals surface area contributed by atoms with Crippen LogP contribution in [0.3, 0.4) is 0 Å². The Hall–Kier alpha value is -2.80. The lowest BCUT2D eigenvalue weighted by Crippen LogP contribution is -2.30. The predicted octanol–water partition coefficient (Wildman–Crippen LogP) is 2.79. The monoisotopic (exact) mass is 399 g/mol. The number of carboxylic acid groups (broad SMARTS) is 1. The standard InChI is InChI=1S/C22H29N3O4/c1-4-17-19(23-21(27)18(20(17)26)22(28)29)15-6-8-16(9-7-15)25(5-2)13-14-10-11-24(3)12-14/h6-9,14H,4-5,10-13H2,1-3H3,(H,28,29)(H2,23,26,27)/t14-/m0/s1. The number of aromatic carboxylic acids is 1. The Morgan fingerprint density at radius 2 is 1.97 bits per heavy atom. The maximum Gasteiger partial charge on any atom is 0.345 e. The number of benzene rings is 1. The Bertz CT molecular complexity index is 936. The Morgan fingerprint density at radius 3 is 2.48 bits per heavy atom. The molecule has 1 atom stereocenters. The number of anilines is 1. The molecule has 1 saturated heterocycles. The summed E-state index contributed by atoms with van der Waals surface area (Å²) in [7, 11) is 2.15. The lowest BCUT2D eigenvalue weighted by molar-refractivity contribution is 0.0691. The maximum atomic E-state index is 12.2. The molecule has 1 aromatic carbocycles. The second kappa shape index (κ2) is 8.69. The van der Waals surface area contributed by atoms with E-state index in [4.69, 9.17) is 0 Å². The van der Waals surface area contributed by atoms with E-state index in [9.17, 15) is 19.8 Å². The molecule has 1 aromatic heterocycles. The number of aromatic hydroxyl groups is 1. The Morgan fingerprint density at radius 1 is 1.28 bits per heavy atom. The number of likely N-dealkylation sites (tertiary alicyclic amines) is 1. The summed E-state index contributed by atoms with van der Waals surface area (Å²) in [6, 6.07) is 7.83. The van der Waals surface area contributed by atoms with Gasteiger partial charge in [-0.2, -0.15) is 0 Å². The first-order valence-corrected chi connectivity index (χ1v) is 10.1. The normalized spacial score (nSPS) is 16.9. The predicted molar refractivity (Wildman–Crippen MR) is 114 cm³/mol. The van der Waals surface area contributed by atoms with E-state index < -0.39 is 22.8 Å². The number of rotatable bonds is 7. The molecule has 1 fully saturated rings. The third kappa shape index (κ3) is 4.29. The number of hydrogen-bond donors (Lipinski definition) is 3. The number of nitrogens with zero attached hydrogens (tertiary/aromatic N) is 2. The molecule has 3 rings (SSSR count). The number of hydrogen-bond acceptors (Lipinski definition) is 5. The van der Waals surface area contributed by atoms with Crippen LogP contribution >= 0.6 is 0 Å². The number of aromatic nitrogens is 1. The van der Waals surface area contributed by atoms with E-state index in [1.807, 2.05) is 31.2 Å². The van der Waals surface area contributed by atoms with Crippen molar-refractivity contribution in [2.45, 2.75) is 26.7 Å². The van der Waals surface area contributed by atoms with Crippen molar-refractivity contribution >= 4 is 11.7 Å². The van der Waals surface area contributed by atoms with Crippen LogP contribution in [-0.4, -0.2) is 59.3 Å². The van der Waals surface area contributed by atoms with Crippen LogP contribution in [0.25, 0.3) is 11.3 Å². The number of nitrogens with one attached hydrogen (secondary N) is 1. The zero-order chi connectivity index (χ0) is 21.1. The van der Waals surface area contributed by atoms with E-state index in [0.717, 1.165) is 37.4 Å². The Labute approximate surface area is 170 Å². The van der Waals surface area contributed by atoms with Crippen LogP contribution in [0, 0.1) is 5.92 Å². The lowest BCUT2D eigenvalue weighted by atomic mass is 10.00. The van der Waals surface area contributed by atoms with Crippen molar-refractivity contribution < 1.29 is 15.0 Å². The van der Waals surface area contributed by atoms with Crippen molar-refractivity contribution in [1.29, 1.82) is 0 Å². The zero-order valence-corrected chi connectivity index (χ0v) is 17.2. The smallest absolute Gasteiger partial charge is 0.345 e. The van der Waals surface area contributed by atoms with Crippen molar-refractivity contribution in [2.24, 2.45) is 5.92 Å². The third-order valence-electron chi connectivity index (χ3n) is 5.73. The molecule has 7 nitrogen and oxygen atoms in total. The van der Waals surface area contributed by atoms with Crippen LogP contribution in [0.15, 0.2) is 29.1 Å². The van der Waals surface area contributed by atoms with Crippen LogP contribution in [-0.2, 0) is 6.42 Å². The molecule has 1 aliphatic rings. The van der Waals surface area contributed by atoms with Gasteiger partial charge in [-0.15, -0.1) is 0 Å². The molecule has 0 unspecified atom stereocenters. The van der Waals surface area contributed by atoms with Gasteiger partial charge in [0.1, 0.15) is 5.75 Å². The van der Waals surface area contributed by atoms with Gasteiger partial charge in [-0.1, -0.05) is 19.1 Å². The van der Waals surface area contributed by atoms with E-state index in [1.165, 1.54) is 6.42 Å². The molecule has 0 saturated carbocycles. The van der Waals surface area contributed by atoms with E-state index in [-0.39, 0.29) is 0 Å². The van der Waals surface area contributed by atoms with Gasteiger partial charge < -0.3 is 25.0 Å². The van der Waals surface area contributed by atoms with Gasteiger partial charge in [0.25, 0.3) is 5.56 Å². The minimum Gasteiger partial charge on any atom is -0.506 e. The van der Waals surface area contributed by atoms with Crippen molar-refractivity contribution in [3.05, 3.63) is 45.7 Å². The third-order valence-corrected chi connectivity index (χ3v) is 5.73. The van der Waals surface area contributed by atoms with Gasteiger partial charge in [0, 0.05) is 30.9 Å². The van der Waals surface area contributed by atoms with Crippen LogP contribution < -0.4 is 10.5 Å². The fourth-order valence-corrected chi connectivity index (χ4v) is 4.16. The topological polar surface area (TPSA) is 96.9 Å². The van der Waals surface area contributed by atoms with E-state index in [0.29, 0.717) is 23.6 Å². The quantitative estimate of drug-likeness (QED) is 0.662. The highest BCUT2D eigenvalue weighted by atomic mass is 16.4. The molecule has 2 heterocycles. The summed E-state index contributed by atoms with van der Waals surface area (Å²) in [4.78, 5) is 30.8. The average Bonchev–Trinajstić information content (AvgIpc) is 3.10. The van der Waals surface area contributed by atoms with Gasteiger partial charge >= 0.3 is 5.97 Å². The summed E-state index contributed by atoms with van der Waals surface area (Å²) in [5, 5.41) is 19.5. The number of pyridine rings is 1. The summed E-state index contributed by atoms with van der Waals surface area (Å²) in [5.41, 5.74) is 1.33. The summed E-state index contributed by atoms with van der Waals surface area (Å²) >= 11 is 0. The van der Waals surface area contributed by atoms with Gasteiger partial charge in [-0.25, -0.2) is 4.79 Å². The van der Waals surface area contributed by atoms with Gasteiger partial charge in [0.05, 0.1) is 5.69 Å². The minimum atomic E-state index is -1.43. The SMILES string of the molecule is CCc1c(-c2ccc(N(CC)C[C@H]3CCN(C)C3)cc2)[nH]c(=O)c(C(=O)O)c1O. The average molecular weight is 399 g/mol. The summed E-state index contributed by atoms with van der Waals surface area (Å²) in [6.07, 6.45) is 1.61. The fourth-order valence-electron chi connectivity index (χ4n) is 4.16. The van der Waals surface area contributed by atoms with Crippen molar-refractivity contribution in [1.82, 2.24) is 9.88 Å². The van der Waals surface area contributed by atoms with Crippen molar-refractivity contribution in [2.75, 3.05) is 38.1 Å². The van der Waals surface area contributed by atoms with Gasteiger partial charge in [-0.3, -0.25) is 4.79 Å². The number of H-pyrrole nitrogens is 1. The molecular formula is C22H29N3O4. The second-order valence-electron chi connectivity index (χ2n) is 7.69. The molecule has 2 aromatic rings. The first kappa shape index (κ1) is 20.9. The molecule has 7 heteroatoms. The highest BCUT2D eigenvalue weighted by Gasteiger charge is 2.23. The van der Waals surface area contributed by atoms with Crippen LogP contribution in [0.1, 0.15) is 36.2 Å². The molecule has 0 radical (unpaired) electrons. The number of carboxylic acids is 1. The van der Waals surface area contributed by atoms with Gasteiger partial charge in [0.15, 0.2) is 5.56 Å². The molecule has 1 aliphatic heterocycles. The highest BCUT2D eigenvalue weighted by Crippen LogP contribution is 2.31. The summed E-state index contributed by atoms with van der Waals surface area (Å²) in [6.45, 7) is 8.13. The molecule has 0 bridgehead atoms. The van der Waals surface area contributed by atoms with Crippen LogP contribution in [0.5, 0.6) is 5.75 Å². The Balaban J connectivity index is 1.90. The zero-order valence-electron chi connectivity index (χ0n) is 17.2. The molecule has 0 spiro atoms. The second-order valence-corrected chi connectivity index (χ2v) is 7.69.